The van der Waals surface area contributed by atoms with E-state index in [0.717, 1.165) is 17.2 Å². The Bertz CT molecular complexity index is 597. The number of anilines is 1. The molecule has 1 aromatic heterocycles. The molecule has 4 nitrogen and oxygen atoms in total. The van der Waals surface area contributed by atoms with E-state index >= 15 is 0 Å². The number of hydrogen-bond acceptors (Lipinski definition) is 2. The van der Waals surface area contributed by atoms with Gasteiger partial charge in [0.1, 0.15) is 11.5 Å². The highest BCUT2D eigenvalue weighted by Gasteiger charge is 2.30. The molecule has 0 aliphatic rings. The zero-order valence-electron chi connectivity index (χ0n) is 12.9. The summed E-state index contributed by atoms with van der Waals surface area (Å²) in [4.78, 5) is 12.2. The van der Waals surface area contributed by atoms with Crippen molar-refractivity contribution < 1.29 is 9.21 Å². The van der Waals surface area contributed by atoms with E-state index in [1.807, 2.05) is 49.4 Å². The van der Waals surface area contributed by atoms with Gasteiger partial charge < -0.3 is 15.1 Å². The molecule has 2 aromatic rings. The Morgan fingerprint density at radius 3 is 2.29 bits per heavy atom. The van der Waals surface area contributed by atoms with Crippen LogP contribution < -0.4 is 10.6 Å². The molecular weight excluding hydrogens is 264 g/mol. The first-order valence-corrected chi connectivity index (χ1v) is 7.05. The van der Waals surface area contributed by atoms with Crippen LogP contribution in [0.2, 0.25) is 0 Å². The van der Waals surface area contributed by atoms with Gasteiger partial charge in [-0.2, -0.15) is 0 Å². The second kappa shape index (κ2) is 6.04. The first-order valence-electron chi connectivity index (χ1n) is 7.05. The van der Waals surface area contributed by atoms with Crippen molar-refractivity contribution in [3.63, 3.8) is 0 Å². The fourth-order valence-corrected chi connectivity index (χ4v) is 2.14. The standard InChI is InChI=1S/C17H22N2O2/c1-12-10-11-14(21-12)15(17(2,3)4)19-16(20)18-13-8-6-5-7-9-13/h5-11,15H,1-4H3,(H2,18,19,20). The Kier molecular flexibility index (Phi) is 4.36. The molecule has 2 amide bonds. The molecule has 0 radical (unpaired) electrons. The van der Waals surface area contributed by atoms with Gasteiger partial charge in [-0.05, 0) is 36.6 Å². The van der Waals surface area contributed by atoms with E-state index in [-0.39, 0.29) is 17.5 Å². The summed E-state index contributed by atoms with van der Waals surface area (Å²) in [6.07, 6.45) is 0. The van der Waals surface area contributed by atoms with Gasteiger partial charge in [0, 0.05) is 5.69 Å². The van der Waals surface area contributed by atoms with Crippen molar-refractivity contribution in [2.45, 2.75) is 33.7 Å². The predicted molar refractivity (Wildman–Crippen MR) is 84.2 cm³/mol. The fourth-order valence-electron chi connectivity index (χ4n) is 2.14. The van der Waals surface area contributed by atoms with Crippen molar-refractivity contribution in [3.05, 3.63) is 54.0 Å². The summed E-state index contributed by atoms with van der Waals surface area (Å²) in [6.45, 7) is 8.10. The van der Waals surface area contributed by atoms with Gasteiger partial charge in [-0.3, -0.25) is 0 Å². The summed E-state index contributed by atoms with van der Waals surface area (Å²) in [5.41, 5.74) is 0.608. The number of rotatable bonds is 3. The molecule has 21 heavy (non-hydrogen) atoms. The number of nitrogens with one attached hydrogen (secondary N) is 2. The monoisotopic (exact) mass is 286 g/mol. The topological polar surface area (TPSA) is 54.3 Å². The van der Waals surface area contributed by atoms with Crippen LogP contribution in [0.3, 0.4) is 0 Å². The number of carbonyl (C=O) groups is 1. The molecule has 0 aliphatic heterocycles. The van der Waals surface area contributed by atoms with Crippen LogP contribution in [0.4, 0.5) is 10.5 Å². The van der Waals surface area contributed by atoms with Crippen LogP contribution >= 0.6 is 0 Å². The lowest BCUT2D eigenvalue weighted by molar-refractivity contribution is 0.215. The van der Waals surface area contributed by atoms with Crippen molar-refractivity contribution in [3.8, 4) is 0 Å². The molecule has 0 saturated heterocycles. The number of urea groups is 1. The molecular formula is C17H22N2O2. The molecule has 2 rings (SSSR count). The Morgan fingerprint density at radius 1 is 1.10 bits per heavy atom. The highest BCUT2D eigenvalue weighted by molar-refractivity contribution is 5.89. The van der Waals surface area contributed by atoms with Gasteiger partial charge in [-0.15, -0.1) is 0 Å². The number of para-hydroxylation sites is 1. The quantitative estimate of drug-likeness (QED) is 0.873. The van der Waals surface area contributed by atoms with E-state index in [1.165, 1.54) is 0 Å². The molecule has 112 valence electrons. The number of aryl methyl sites for hydroxylation is 1. The summed E-state index contributed by atoms with van der Waals surface area (Å²) in [7, 11) is 0. The van der Waals surface area contributed by atoms with Gasteiger partial charge in [-0.1, -0.05) is 39.0 Å². The first-order chi connectivity index (χ1) is 9.86. The molecule has 1 atom stereocenters. The Hall–Kier alpha value is -2.23. The van der Waals surface area contributed by atoms with Gasteiger partial charge in [-0.25, -0.2) is 4.79 Å². The third kappa shape index (κ3) is 4.12. The molecule has 1 heterocycles. The summed E-state index contributed by atoms with van der Waals surface area (Å²) in [5.74, 6) is 1.60. The van der Waals surface area contributed by atoms with E-state index in [4.69, 9.17) is 4.42 Å². The summed E-state index contributed by atoms with van der Waals surface area (Å²) >= 11 is 0. The van der Waals surface area contributed by atoms with Crippen LogP contribution in [-0.4, -0.2) is 6.03 Å². The molecule has 2 N–H and O–H groups in total. The van der Waals surface area contributed by atoms with E-state index in [1.54, 1.807) is 0 Å². The molecule has 0 saturated carbocycles. The maximum Gasteiger partial charge on any atom is 0.319 e. The van der Waals surface area contributed by atoms with Crippen LogP contribution in [-0.2, 0) is 0 Å². The summed E-state index contributed by atoms with van der Waals surface area (Å²) < 4.78 is 5.68. The average Bonchev–Trinajstić information content (AvgIpc) is 2.82. The van der Waals surface area contributed by atoms with Crippen LogP contribution in [0.1, 0.15) is 38.3 Å². The third-order valence-corrected chi connectivity index (χ3v) is 3.22. The van der Waals surface area contributed by atoms with Crippen LogP contribution in [0.15, 0.2) is 46.9 Å². The van der Waals surface area contributed by atoms with Gasteiger partial charge in [0.2, 0.25) is 0 Å². The van der Waals surface area contributed by atoms with Crippen LogP contribution in [0.5, 0.6) is 0 Å². The molecule has 4 heteroatoms. The number of furan rings is 1. The fraction of sp³-hybridized carbons (Fsp3) is 0.353. The summed E-state index contributed by atoms with van der Waals surface area (Å²) in [5, 5.41) is 5.82. The second-order valence-corrected chi connectivity index (χ2v) is 6.21. The highest BCUT2D eigenvalue weighted by Crippen LogP contribution is 2.33. The Labute approximate surface area is 125 Å². The van der Waals surface area contributed by atoms with E-state index in [2.05, 4.69) is 31.4 Å². The van der Waals surface area contributed by atoms with Gasteiger partial charge >= 0.3 is 6.03 Å². The maximum atomic E-state index is 12.2. The zero-order valence-corrected chi connectivity index (χ0v) is 12.9. The molecule has 0 bridgehead atoms. The maximum absolute atomic E-state index is 12.2. The Morgan fingerprint density at radius 2 is 1.76 bits per heavy atom. The van der Waals surface area contributed by atoms with Gasteiger partial charge in [0.25, 0.3) is 0 Å². The lowest BCUT2D eigenvalue weighted by Gasteiger charge is -2.29. The molecule has 0 aliphatic carbocycles. The Balaban J connectivity index is 2.11. The minimum absolute atomic E-state index is 0.154. The lowest BCUT2D eigenvalue weighted by atomic mass is 9.85. The van der Waals surface area contributed by atoms with Gasteiger partial charge in [0.15, 0.2) is 0 Å². The highest BCUT2D eigenvalue weighted by atomic mass is 16.3. The van der Waals surface area contributed by atoms with Gasteiger partial charge in [0.05, 0.1) is 6.04 Å². The zero-order chi connectivity index (χ0) is 15.5. The van der Waals surface area contributed by atoms with Crippen molar-refractivity contribution in [2.75, 3.05) is 5.32 Å². The minimum atomic E-state index is -0.241. The normalized spacial score (nSPS) is 12.8. The number of amides is 2. The molecule has 1 unspecified atom stereocenters. The number of hydrogen-bond donors (Lipinski definition) is 2. The number of benzene rings is 1. The first kappa shape index (κ1) is 15.2. The van der Waals surface area contributed by atoms with Crippen molar-refractivity contribution in [1.82, 2.24) is 5.32 Å². The van der Waals surface area contributed by atoms with Crippen molar-refractivity contribution in [2.24, 2.45) is 5.41 Å². The SMILES string of the molecule is Cc1ccc(C(NC(=O)Nc2ccccc2)C(C)(C)C)o1. The van der Waals surface area contributed by atoms with Crippen LogP contribution in [0, 0.1) is 12.3 Å². The van der Waals surface area contributed by atoms with Crippen molar-refractivity contribution >= 4 is 11.7 Å². The lowest BCUT2D eigenvalue weighted by Crippen LogP contribution is -2.38. The smallest absolute Gasteiger partial charge is 0.319 e. The van der Waals surface area contributed by atoms with E-state index in [0.29, 0.717) is 0 Å². The number of carbonyl (C=O) groups excluding carboxylic acids is 1. The average molecular weight is 286 g/mol. The molecule has 0 fully saturated rings. The molecule has 0 spiro atoms. The second-order valence-electron chi connectivity index (χ2n) is 6.21. The predicted octanol–water partition coefficient (Wildman–Crippen LogP) is 4.50. The van der Waals surface area contributed by atoms with E-state index < -0.39 is 0 Å². The largest absolute Gasteiger partial charge is 0.464 e. The minimum Gasteiger partial charge on any atom is -0.464 e. The summed E-state index contributed by atoms with van der Waals surface area (Å²) in [6, 6.07) is 12.8. The third-order valence-electron chi connectivity index (χ3n) is 3.22. The molecule has 1 aromatic carbocycles. The van der Waals surface area contributed by atoms with Crippen LogP contribution in [0.25, 0.3) is 0 Å². The van der Waals surface area contributed by atoms with Crippen molar-refractivity contribution in [1.29, 1.82) is 0 Å². The van der Waals surface area contributed by atoms with E-state index in [9.17, 15) is 4.79 Å².